The fourth-order valence-corrected chi connectivity index (χ4v) is 4.38. The van der Waals surface area contributed by atoms with Gasteiger partial charge in [-0.15, -0.1) is 0 Å². The van der Waals surface area contributed by atoms with Crippen LogP contribution in [0.15, 0.2) is 93.5 Å². The molecule has 0 bridgehead atoms. The standard InChI is InChI=1S/C20H19S.F6P/c1-16-8-12-19(13-9-16)21(18-6-4-3-5-7-18)20-14-10-17(2)11-15-20;1-7(2,3,4,5)6/h3-15H,1-2H3;/q+1;-1. The van der Waals surface area contributed by atoms with Crippen LogP contribution >= 0.6 is 7.81 Å². The second-order valence-electron chi connectivity index (χ2n) is 6.20. The average molecular weight is 436 g/mol. The third-order valence-corrected chi connectivity index (χ3v) is 5.72. The molecule has 0 aliphatic rings. The van der Waals surface area contributed by atoms with Gasteiger partial charge in [-0.05, 0) is 50.2 Å². The summed E-state index contributed by atoms with van der Waals surface area (Å²) in [6.07, 6.45) is 0. The molecule has 3 aromatic carbocycles. The fourth-order valence-electron chi connectivity index (χ4n) is 2.31. The Kier molecular flexibility index (Phi) is 5.94. The monoisotopic (exact) mass is 436 g/mol. The number of benzene rings is 3. The quantitative estimate of drug-likeness (QED) is 0.219. The normalized spacial score (nSPS) is 13.9. The van der Waals surface area contributed by atoms with Crippen LogP contribution in [-0.2, 0) is 10.9 Å². The molecule has 3 rings (SSSR count). The van der Waals surface area contributed by atoms with Crippen LogP contribution in [0.2, 0.25) is 0 Å². The molecular weight excluding hydrogens is 417 g/mol. The van der Waals surface area contributed by atoms with Gasteiger partial charge in [0.2, 0.25) is 0 Å². The molecule has 0 amide bonds. The summed E-state index contributed by atoms with van der Waals surface area (Å²) in [6, 6.07) is 28.6. The van der Waals surface area contributed by atoms with Crippen LogP contribution in [0.4, 0.5) is 25.2 Å². The molecule has 0 heterocycles. The molecule has 0 N–H and O–H groups in total. The van der Waals surface area contributed by atoms with Gasteiger partial charge in [-0.2, -0.15) is 0 Å². The molecule has 8 heteroatoms. The van der Waals surface area contributed by atoms with E-state index in [0.717, 1.165) is 0 Å². The number of aryl methyl sites for hydroxylation is 2. The van der Waals surface area contributed by atoms with Crippen molar-refractivity contribution in [2.75, 3.05) is 0 Å². The summed E-state index contributed by atoms with van der Waals surface area (Å²) in [7, 11) is -10.7. The molecule has 0 spiro atoms. The summed E-state index contributed by atoms with van der Waals surface area (Å²) in [5, 5.41) is 0. The molecular formula is C20H19F6PS. The van der Waals surface area contributed by atoms with E-state index in [1.54, 1.807) is 0 Å². The first-order chi connectivity index (χ1) is 12.7. The van der Waals surface area contributed by atoms with Gasteiger partial charge >= 0.3 is 33.0 Å². The van der Waals surface area contributed by atoms with E-state index in [4.69, 9.17) is 0 Å². The third kappa shape index (κ3) is 8.81. The molecule has 28 heavy (non-hydrogen) atoms. The van der Waals surface area contributed by atoms with E-state index in [-0.39, 0.29) is 10.9 Å². The molecule has 152 valence electrons. The first-order valence-electron chi connectivity index (χ1n) is 8.18. The maximum atomic E-state index is 9.87. The minimum absolute atomic E-state index is 0.0312. The van der Waals surface area contributed by atoms with Gasteiger partial charge in [0.05, 0.1) is 10.9 Å². The van der Waals surface area contributed by atoms with Crippen molar-refractivity contribution >= 4 is 18.7 Å². The number of rotatable bonds is 3. The number of hydrogen-bond donors (Lipinski definition) is 0. The molecule has 0 fully saturated rings. The Bertz CT molecular complexity index is 849. The van der Waals surface area contributed by atoms with Gasteiger partial charge in [0, 0.05) is 0 Å². The van der Waals surface area contributed by atoms with Crippen LogP contribution in [0.3, 0.4) is 0 Å². The van der Waals surface area contributed by atoms with Crippen molar-refractivity contribution in [3.63, 3.8) is 0 Å². The summed E-state index contributed by atoms with van der Waals surface area (Å²) in [4.78, 5) is 4.11. The summed E-state index contributed by atoms with van der Waals surface area (Å²) in [6.45, 7) is 4.27. The van der Waals surface area contributed by atoms with Crippen molar-refractivity contribution in [2.45, 2.75) is 28.5 Å². The molecule has 0 saturated heterocycles. The topological polar surface area (TPSA) is 0 Å². The Morgan fingerprint density at radius 3 is 1.11 bits per heavy atom. The number of halogens is 6. The van der Waals surface area contributed by atoms with E-state index in [0.29, 0.717) is 0 Å². The zero-order valence-electron chi connectivity index (χ0n) is 15.1. The molecule has 0 nitrogen and oxygen atoms in total. The van der Waals surface area contributed by atoms with Crippen molar-refractivity contribution in [2.24, 2.45) is 0 Å². The Morgan fingerprint density at radius 2 is 0.786 bits per heavy atom. The summed E-state index contributed by atoms with van der Waals surface area (Å²) in [5.74, 6) is 0. The van der Waals surface area contributed by atoms with Crippen molar-refractivity contribution in [1.29, 1.82) is 0 Å². The van der Waals surface area contributed by atoms with E-state index in [1.807, 2.05) is 0 Å². The Morgan fingerprint density at radius 1 is 0.500 bits per heavy atom. The van der Waals surface area contributed by atoms with Crippen LogP contribution in [0, 0.1) is 13.8 Å². The van der Waals surface area contributed by atoms with Gasteiger partial charge in [0.25, 0.3) is 0 Å². The van der Waals surface area contributed by atoms with Crippen LogP contribution in [0.1, 0.15) is 11.1 Å². The van der Waals surface area contributed by atoms with Crippen LogP contribution in [0.5, 0.6) is 0 Å². The van der Waals surface area contributed by atoms with Crippen molar-refractivity contribution in [3.8, 4) is 0 Å². The van der Waals surface area contributed by atoms with Crippen LogP contribution < -0.4 is 0 Å². The maximum absolute atomic E-state index is 10.7. The molecule has 3 aromatic rings. The predicted octanol–water partition coefficient (Wildman–Crippen LogP) is 8.78. The molecule has 0 aromatic heterocycles. The minimum atomic E-state index is -10.7. The second-order valence-corrected chi connectivity index (χ2v) is 10.1. The molecule has 0 saturated carbocycles. The first-order valence-corrected chi connectivity index (χ1v) is 11.4. The van der Waals surface area contributed by atoms with E-state index >= 15 is 0 Å². The summed E-state index contributed by atoms with van der Waals surface area (Å²) < 4.78 is 59.2. The molecule has 0 unspecified atom stereocenters. The van der Waals surface area contributed by atoms with Crippen molar-refractivity contribution in [1.82, 2.24) is 0 Å². The molecule has 0 aliphatic carbocycles. The van der Waals surface area contributed by atoms with E-state index in [2.05, 4.69) is 92.7 Å². The van der Waals surface area contributed by atoms with Gasteiger partial charge in [-0.25, -0.2) is 0 Å². The van der Waals surface area contributed by atoms with Crippen LogP contribution in [0.25, 0.3) is 0 Å². The van der Waals surface area contributed by atoms with E-state index in [1.165, 1.54) is 25.8 Å². The Hall–Kier alpha value is -1.98. The average Bonchev–Trinajstić information content (AvgIpc) is 2.57. The van der Waals surface area contributed by atoms with Gasteiger partial charge in [0.15, 0.2) is 14.7 Å². The molecule has 0 aliphatic heterocycles. The zero-order chi connectivity index (χ0) is 21.1. The third-order valence-electron chi connectivity index (χ3n) is 3.49. The zero-order valence-corrected chi connectivity index (χ0v) is 16.8. The van der Waals surface area contributed by atoms with E-state index < -0.39 is 7.81 Å². The van der Waals surface area contributed by atoms with E-state index in [9.17, 15) is 25.2 Å². The summed E-state index contributed by atoms with van der Waals surface area (Å²) >= 11 is 0. The summed E-state index contributed by atoms with van der Waals surface area (Å²) in [5.41, 5.74) is 2.61. The van der Waals surface area contributed by atoms with Crippen LogP contribution in [-0.4, -0.2) is 0 Å². The van der Waals surface area contributed by atoms with Gasteiger partial charge in [-0.3, -0.25) is 0 Å². The first kappa shape index (κ1) is 22.3. The molecule has 0 radical (unpaired) electrons. The Labute approximate surface area is 162 Å². The van der Waals surface area contributed by atoms with Gasteiger partial charge < -0.3 is 0 Å². The van der Waals surface area contributed by atoms with Gasteiger partial charge in [-0.1, -0.05) is 53.6 Å². The Balaban J connectivity index is 0.000000345. The predicted molar refractivity (Wildman–Crippen MR) is 105 cm³/mol. The second kappa shape index (κ2) is 7.45. The van der Waals surface area contributed by atoms with Gasteiger partial charge in [0.1, 0.15) is 0 Å². The molecule has 0 atom stereocenters. The SMILES string of the molecule is Cc1ccc([S+](c2ccccc2)c2ccc(C)cc2)cc1.F[P-](F)(F)(F)(F)F. The fraction of sp³-hybridized carbons (Fsp3) is 0.100. The van der Waals surface area contributed by atoms with Crippen molar-refractivity contribution < 1.29 is 25.2 Å². The van der Waals surface area contributed by atoms with Crippen molar-refractivity contribution in [3.05, 3.63) is 90.0 Å². The number of hydrogen-bond acceptors (Lipinski definition) is 0.